The fourth-order valence-electron chi connectivity index (χ4n) is 2.94. The Morgan fingerprint density at radius 2 is 1.96 bits per heavy atom. The van der Waals surface area contributed by atoms with E-state index >= 15 is 0 Å². The monoisotopic (exact) mass is 375 g/mol. The Labute approximate surface area is 165 Å². The van der Waals surface area contributed by atoms with Crippen LogP contribution >= 0.6 is 0 Å². The minimum absolute atomic E-state index is 0.0946. The van der Waals surface area contributed by atoms with Crippen molar-refractivity contribution in [2.24, 2.45) is 0 Å². The highest BCUT2D eigenvalue weighted by atomic mass is 16.1. The molecule has 0 spiro atoms. The summed E-state index contributed by atoms with van der Waals surface area (Å²) in [5.41, 5.74) is 3.47. The largest absolute Gasteiger partial charge is 0.362 e. The minimum atomic E-state index is -0.0946. The third-order valence-electron chi connectivity index (χ3n) is 4.37. The third kappa shape index (κ3) is 4.91. The maximum absolute atomic E-state index is 12.5. The molecule has 2 heterocycles. The zero-order valence-electron chi connectivity index (χ0n) is 16.5. The van der Waals surface area contributed by atoms with Crippen molar-refractivity contribution in [3.05, 3.63) is 71.7 Å². The second-order valence-corrected chi connectivity index (χ2v) is 6.86. The minimum Gasteiger partial charge on any atom is -0.362 e. The van der Waals surface area contributed by atoms with Crippen molar-refractivity contribution in [1.29, 1.82) is 0 Å². The molecular weight excluding hydrogens is 350 g/mol. The van der Waals surface area contributed by atoms with Crippen molar-refractivity contribution in [2.45, 2.75) is 19.8 Å². The lowest BCUT2D eigenvalue weighted by molar-refractivity contribution is 0.0953. The lowest BCUT2D eigenvalue weighted by Gasteiger charge is -2.15. The molecule has 0 saturated carbocycles. The molecule has 0 fully saturated rings. The SMILES string of the molecule is Cc1cnc(-c2cccc(C(=O)NCCCc3ccccn3)c2)nc1N(C)C. The van der Waals surface area contributed by atoms with Crippen molar-refractivity contribution in [3.8, 4) is 11.4 Å². The molecule has 3 rings (SSSR count). The number of carbonyl (C=O) groups excluding carboxylic acids is 1. The zero-order chi connectivity index (χ0) is 19.9. The summed E-state index contributed by atoms with van der Waals surface area (Å²) in [6, 6.07) is 13.3. The third-order valence-corrected chi connectivity index (χ3v) is 4.37. The maximum atomic E-state index is 12.5. The molecule has 6 nitrogen and oxygen atoms in total. The quantitative estimate of drug-likeness (QED) is 0.642. The molecule has 144 valence electrons. The maximum Gasteiger partial charge on any atom is 0.251 e. The highest BCUT2D eigenvalue weighted by molar-refractivity contribution is 5.95. The van der Waals surface area contributed by atoms with E-state index in [1.165, 1.54) is 0 Å². The van der Waals surface area contributed by atoms with Gasteiger partial charge in [0.05, 0.1) is 0 Å². The van der Waals surface area contributed by atoms with Crippen molar-refractivity contribution < 1.29 is 4.79 Å². The number of benzene rings is 1. The Bertz CT molecular complexity index is 941. The summed E-state index contributed by atoms with van der Waals surface area (Å²) in [5, 5.41) is 2.97. The lowest BCUT2D eigenvalue weighted by atomic mass is 10.1. The molecule has 0 saturated heterocycles. The number of nitrogens with one attached hydrogen (secondary N) is 1. The zero-order valence-corrected chi connectivity index (χ0v) is 16.5. The van der Waals surface area contributed by atoms with Gasteiger partial charge in [0, 0.05) is 55.4 Å². The van der Waals surface area contributed by atoms with Gasteiger partial charge in [0.1, 0.15) is 5.82 Å². The fraction of sp³-hybridized carbons (Fsp3) is 0.273. The highest BCUT2D eigenvalue weighted by Crippen LogP contribution is 2.21. The van der Waals surface area contributed by atoms with E-state index in [0.29, 0.717) is 17.9 Å². The Kier molecular flexibility index (Phi) is 6.32. The molecular formula is C22H25N5O. The molecule has 1 amide bonds. The van der Waals surface area contributed by atoms with Gasteiger partial charge in [-0.3, -0.25) is 9.78 Å². The smallest absolute Gasteiger partial charge is 0.251 e. The summed E-state index contributed by atoms with van der Waals surface area (Å²) in [7, 11) is 3.90. The van der Waals surface area contributed by atoms with Gasteiger partial charge in [-0.05, 0) is 44.0 Å². The van der Waals surface area contributed by atoms with Crippen molar-refractivity contribution >= 4 is 11.7 Å². The molecule has 0 aliphatic carbocycles. The topological polar surface area (TPSA) is 71.0 Å². The fourth-order valence-corrected chi connectivity index (χ4v) is 2.94. The number of rotatable bonds is 7. The van der Waals surface area contributed by atoms with Gasteiger partial charge in [-0.15, -0.1) is 0 Å². The molecule has 0 radical (unpaired) electrons. The van der Waals surface area contributed by atoms with Crippen LogP contribution in [0.4, 0.5) is 5.82 Å². The lowest BCUT2D eigenvalue weighted by Crippen LogP contribution is -2.24. The van der Waals surface area contributed by atoms with Crippen LogP contribution in [0.3, 0.4) is 0 Å². The normalized spacial score (nSPS) is 10.5. The van der Waals surface area contributed by atoms with Gasteiger partial charge >= 0.3 is 0 Å². The molecule has 28 heavy (non-hydrogen) atoms. The summed E-state index contributed by atoms with van der Waals surface area (Å²) in [6.45, 7) is 2.58. The number of pyridine rings is 1. The summed E-state index contributed by atoms with van der Waals surface area (Å²) >= 11 is 0. The van der Waals surface area contributed by atoms with Crippen LogP contribution in [0, 0.1) is 6.92 Å². The first-order valence-corrected chi connectivity index (χ1v) is 9.34. The Hall–Kier alpha value is -3.28. The molecule has 3 aromatic rings. The van der Waals surface area contributed by atoms with Crippen LogP contribution in [0.2, 0.25) is 0 Å². The number of hydrogen-bond donors (Lipinski definition) is 1. The van der Waals surface area contributed by atoms with Gasteiger partial charge in [0.25, 0.3) is 5.91 Å². The van der Waals surface area contributed by atoms with Crippen LogP contribution in [0.15, 0.2) is 54.9 Å². The van der Waals surface area contributed by atoms with E-state index in [1.807, 2.05) is 68.5 Å². The predicted molar refractivity (Wildman–Crippen MR) is 111 cm³/mol. The average molecular weight is 375 g/mol. The van der Waals surface area contributed by atoms with E-state index in [2.05, 4.69) is 20.3 Å². The molecule has 6 heteroatoms. The molecule has 0 unspecified atom stereocenters. The number of anilines is 1. The van der Waals surface area contributed by atoms with Gasteiger partial charge in [-0.1, -0.05) is 18.2 Å². The first-order valence-electron chi connectivity index (χ1n) is 9.34. The van der Waals surface area contributed by atoms with Crippen molar-refractivity contribution in [3.63, 3.8) is 0 Å². The molecule has 0 aliphatic rings. The second kappa shape index (κ2) is 9.08. The summed E-state index contributed by atoms with van der Waals surface area (Å²) in [4.78, 5) is 27.8. The van der Waals surface area contributed by atoms with Crippen LogP contribution < -0.4 is 10.2 Å². The van der Waals surface area contributed by atoms with Gasteiger partial charge in [0.2, 0.25) is 0 Å². The standard InChI is InChI=1S/C22H25N5O/c1-16-15-25-20(26-21(16)27(2)3)17-8-6-9-18(14-17)22(28)24-13-7-11-19-10-4-5-12-23-19/h4-6,8-10,12,14-15H,7,11,13H2,1-3H3,(H,24,28). The summed E-state index contributed by atoms with van der Waals surface area (Å²) in [5.74, 6) is 1.39. The van der Waals surface area contributed by atoms with Crippen LogP contribution in [-0.4, -0.2) is 41.5 Å². The van der Waals surface area contributed by atoms with Crippen molar-refractivity contribution in [1.82, 2.24) is 20.3 Å². The van der Waals surface area contributed by atoms with Crippen LogP contribution in [0.5, 0.6) is 0 Å². The van der Waals surface area contributed by atoms with E-state index < -0.39 is 0 Å². The molecule has 0 aliphatic heterocycles. The summed E-state index contributed by atoms with van der Waals surface area (Å²) in [6.07, 6.45) is 5.28. The first kappa shape index (κ1) is 19.5. The number of hydrogen-bond acceptors (Lipinski definition) is 5. The Balaban J connectivity index is 1.64. The highest BCUT2D eigenvalue weighted by Gasteiger charge is 2.11. The van der Waals surface area contributed by atoms with Crippen LogP contribution in [0.25, 0.3) is 11.4 Å². The Morgan fingerprint density at radius 1 is 1.11 bits per heavy atom. The molecule has 1 aromatic carbocycles. The first-order chi connectivity index (χ1) is 13.5. The van der Waals surface area contributed by atoms with Crippen molar-refractivity contribution in [2.75, 3.05) is 25.5 Å². The van der Waals surface area contributed by atoms with E-state index in [9.17, 15) is 4.79 Å². The number of aryl methyl sites for hydroxylation is 2. The number of aromatic nitrogens is 3. The van der Waals surface area contributed by atoms with E-state index in [4.69, 9.17) is 0 Å². The summed E-state index contributed by atoms with van der Waals surface area (Å²) < 4.78 is 0. The van der Waals surface area contributed by atoms with Gasteiger partial charge in [-0.25, -0.2) is 9.97 Å². The number of carbonyl (C=O) groups is 1. The van der Waals surface area contributed by atoms with Gasteiger partial charge in [0.15, 0.2) is 5.82 Å². The molecule has 1 N–H and O–H groups in total. The van der Waals surface area contributed by atoms with E-state index in [0.717, 1.165) is 35.5 Å². The number of nitrogens with zero attached hydrogens (tertiary/aromatic N) is 4. The van der Waals surface area contributed by atoms with Gasteiger partial charge in [-0.2, -0.15) is 0 Å². The van der Waals surface area contributed by atoms with E-state index in [1.54, 1.807) is 12.3 Å². The average Bonchev–Trinajstić information content (AvgIpc) is 2.72. The second-order valence-electron chi connectivity index (χ2n) is 6.86. The Morgan fingerprint density at radius 3 is 2.71 bits per heavy atom. The van der Waals surface area contributed by atoms with E-state index in [-0.39, 0.29) is 5.91 Å². The van der Waals surface area contributed by atoms with Gasteiger partial charge < -0.3 is 10.2 Å². The predicted octanol–water partition coefficient (Wildman–Crippen LogP) is 3.28. The van der Waals surface area contributed by atoms with Crippen LogP contribution in [-0.2, 0) is 6.42 Å². The molecule has 0 bridgehead atoms. The molecule has 0 atom stereocenters. The number of amides is 1. The van der Waals surface area contributed by atoms with Crippen LogP contribution in [0.1, 0.15) is 28.0 Å². The molecule has 2 aromatic heterocycles.